The number of rotatable bonds is 16. The molecule has 10 nitrogen and oxygen atoms in total. The number of ether oxygens (including phenoxy) is 4. The van der Waals surface area contributed by atoms with Crippen molar-refractivity contribution in [2.24, 2.45) is 11.8 Å². The molecule has 0 amide bonds. The first-order valence-electron chi connectivity index (χ1n) is 22.1. The minimum absolute atomic E-state index is 0.0321. The summed E-state index contributed by atoms with van der Waals surface area (Å²) in [5.41, 5.74) is 6.27. The summed E-state index contributed by atoms with van der Waals surface area (Å²) in [6.45, 7) is 4.31. The second kappa shape index (κ2) is 20.3. The maximum atomic E-state index is 13.5. The van der Waals surface area contributed by atoms with Crippen LogP contribution in [0.1, 0.15) is 136 Å². The van der Waals surface area contributed by atoms with Crippen molar-refractivity contribution in [3.63, 3.8) is 0 Å². The third kappa shape index (κ3) is 11.1. The fourth-order valence-electron chi connectivity index (χ4n) is 8.74. The van der Waals surface area contributed by atoms with Gasteiger partial charge in [0.1, 0.15) is 23.5 Å². The highest BCUT2D eigenvalue weighted by atomic mass is 16.6. The Balaban J connectivity index is 0.903. The van der Waals surface area contributed by atoms with Crippen LogP contribution in [0.5, 0.6) is 11.5 Å². The van der Waals surface area contributed by atoms with Gasteiger partial charge < -0.3 is 18.9 Å². The van der Waals surface area contributed by atoms with Crippen LogP contribution in [0, 0.1) is 11.8 Å². The molecule has 0 saturated heterocycles. The minimum Gasteiger partial charge on any atom is -0.462 e. The number of esters is 4. The van der Waals surface area contributed by atoms with Crippen LogP contribution in [0.3, 0.4) is 0 Å². The van der Waals surface area contributed by atoms with E-state index >= 15 is 0 Å². The predicted molar refractivity (Wildman–Crippen MR) is 227 cm³/mol. The second-order valence-corrected chi connectivity index (χ2v) is 16.8. The van der Waals surface area contributed by atoms with Gasteiger partial charge in [-0.1, -0.05) is 75.2 Å². The molecular weight excluding hydrogens is 759 g/mol. The van der Waals surface area contributed by atoms with E-state index in [1.165, 1.54) is 11.1 Å². The molecule has 1 aromatic heterocycles. The molecule has 3 aromatic carbocycles. The highest BCUT2D eigenvalue weighted by Crippen LogP contribution is 2.38. The normalized spacial score (nSPS) is 20.0. The molecule has 0 radical (unpaired) electrons. The smallest absolute Gasteiger partial charge is 0.314 e. The number of hydrogen-bond acceptors (Lipinski definition) is 10. The molecule has 0 bridgehead atoms. The largest absolute Gasteiger partial charge is 0.462 e. The fourth-order valence-corrected chi connectivity index (χ4v) is 8.74. The number of Topliss-reactive ketones (excluding diaryl/α,β-unsaturated/α-hetero) is 1. The molecule has 4 aromatic rings. The van der Waals surface area contributed by atoms with Crippen LogP contribution in [0.25, 0.3) is 10.9 Å². The predicted octanol–water partition coefficient (Wildman–Crippen LogP) is 9.55. The zero-order valence-corrected chi connectivity index (χ0v) is 35.0. The molecule has 10 heteroatoms. The number of aromatic nitrogens is 1. The molecule has 0 N–H and O–H groups in total. The maximum Gasteiger partial charge on any atom is 0.314 e. The lowest BCUT2D eigenvalue weighted by atomic mass is 9.87. The van der Waals surface area contributed by atoms with E-state index in [0.717, 1.165) is 36.8 Å². The van der Waals surface area contributed by atoms with Gasteiger partial charge in [-0.05, 0) is 124 Å². The summed E-state index contributed by atoms with van der Waals surface area (Å²) in [7, 11) is 0. The fraction of sp³-hybridized carbons (Fsp3) is 0.480. The van der Waals surface area contributed by atoms with Gasteiger partial charge in [-0.2, -0.15) is 0 Å². The van der Waals surface area contributed by atoms with E-state index in [4.69, 9.17) is 23.9 Å². The molecule has 1 heterocycles. The van der Waals surface area contributed by atoms with Crippen molar-refractivity contribution in [2.45, 2.75) is 142 Å². The van der Waals surface area contributed by atoms with Crippen molar-refractivity contribution in [1.82, 2.24) is 4.98 Å². The molecule has 3 aliphatic rings. The van der Waals surface area contributed by atoms with Gasteiger partial charge in [0.2, 0.25) is 0 Å². The number of fused-ring (bicyclic) bond motifs is 2. The van der Waals surface area contributed by atoms with E-state index in [-0.39, 0.29) is 53.3 Å². The van der Waals surface area contributed by atoms with Crippen LogP contribution in [0.15, 0.2) is 66.7 Å². The van der Waals surface area contributed by atoms with E-state index in [9.17, 15) is 24.0 Å². The third-order valence-electron chi connectivity index (χ3n) is 12.3. The van der Waals surface area contributed by atoms with Crippen LogP contribution >= 0.6 is 0 Å². The minimum atomic E-state index is -0.400. The Bertz CT molecular complexity index is 2160. The van der Waals surface area contributed by atoms with Crippen LogP contribution in [-0.4, -0.2) is 46.9 Å². The number of pyridine rings is 1. The SMILES string of the molecule is CCCc1ccc(CCC(=O)OC2CCC(C(=O)Oc3ccc(OC(=O)C4CCC(OC(=O)CCc5ccc(CCC)cc5)CC4)c4nc5c(cc34)C(=O)CC5)CC2)cc1. The Hall–Kier alpha value is -5.38. The molecule has 0 aliphatic heterocycles. The van der Waals surface area contributed by atoms with Crippen molar-refractivity contribution in [3.05, 3.63) is 100 Å². The lowest BCUT2D eigenvalue weighted by Crippen LogP contribution is -2.30. The molecule has 0 spiro atoms. The highest BCUT2D eigenvalue weighted by Gasteiger charge is 2.33. The summed E-state index contributed by atoms with van der Waals surface area (Å²) >= 11 is 0. The van der Waals surface area contributed by atoms with E-state index < -0.39 is 11.9 Å². The first-order chi connectivity index (χ1) is 29.1. The van der Waals surface area contributed by atoms with Gasteiger partial charge in [0.05, 0.1) is 17.5 Å². The van der Waals surface area contributed by atoms with Gasteiger partial charge in [0.15, 0.2) is 11.5 Å². The lowest BCUT2D eigenvalue weighted by Gasteiger charge is -2.27. The van der Waals surface area contributed by atoms with Crippen molar-refractivity contribution in [3.8, 4) is 11.5 Å². The number of carbonyl (C=O) groups is 5. The number of benzene rings is 3. The Morgan fingerprint density at radius 1 is 0.567 bits per heavy atom. The highest BCUT2D eigenvalue weighted by molar-refractivity contribution is 6.05. The van der Waals surface area contributed by atoms with Gasteiger partial charge in [0.25, 0.3) is 0 Å². The van der Waals surface area contributed by atoms with Crippen molar-refractivity contribution in [2.75, 3.05) is 0 Å². The molecule has 60 heavy (non-hydrogen) atoms. The second-order valence-electron chi connectivity index (χ2n) is 16.8. The van der Waals surface area contributed by atoms with Crippen LogP contribution in [0.2, 0.25) is 0 Å². The number of carbonyl (C=O) groups excluding carboxylic acids is 5. The molecule has 316 valence electrons. The van der Waals surface area contributed by atoms with Crippen molar-refractivity contribution < 1.29 is 42.9 Å². The van der Waals surface area contributed by atoms with Crippen molar-refractivity contribution in [1.29, 1.82) is 0 Å². The first kappa shape index (κ1) is 42.7. The lowest BCUT2D eigenvalue weighted by molar-refractivity contribution is -0.153. The zero-order chi connectivity index (χ0) is 42.0. The van der Waals surface area contributed by atoms with E-state index in [1.807, 2.05) is 0 Å². The first-order valence-corrected chi connectivity index (χ1v) is 22.1. The molecule has 3 aliphatic carbocycles. The van der Waals surface area contributed by atoms with E-state index in [1.54, 1.807) is 18.2 Å². The summed E-state index contributed by atoms with van der Waals surface area (Å²) in [6.07, 6.45) is 10.8. The number of aryl methyl sites for hydroxylation is 5. The summed E-state index contributed by atoms with van der Waals surface area (Å²) in [6, 6.07) is 21.7. The van der Waals surface area contributed by atoms with Crippen LogP contribution < -0.4 is 9.47 Å². The number of ketones is 1. The summed E-state index contributed by atoms with van der Waals surface area (Å²) in [5, 5.41) is 0.429. The third-order valence-corrected chi connectivity index (χ3v) is 12.3. The van der Waals surface area contributed by atoms with Crippen molar-refractivity contribution >= 4 is 40.6 Å². The van der Waals surface area contributed by atoms with Gasteiger partial charge >= 0.3 is 23.9 Å². The average molecular weight is 816 g/mol. The molecule has 0 unspecified atom stereocenters. The Kier molecular flexibility index (Phi) is 14.4. The van der Waals surface area contributed by atoms with E-state index in [0.29, 0.717) is 112 Å². The molecule has 7 rings (SSSR count). The zero-order valence-electron chi connectivity index (χ0n) is 35.0. The van der Waals surface area contributed by atoms with Gasteiger partial charge in [-0.25, -0.2) is 4.98 Å². The number of nitrogens with zero attached hydrogens (tertiary/aromatic N) is 1. The standard InChI is InChI=1S/C50H57NO9/c1-3-5-32-7-11-34(12-8-32)15-29-46(53)57-38-21-17-36(18-22-38)49(55)59-44-27-28-45(48-41(44)31-40-42(51-48)25-26-43(40)52)60-50(56)37-19-23-39(24-20-37)58-47(54)30-16-35-13-9-33(6-4-2)10-14-35/h7-14,27-28,31,36-39H,3-6,15-26,29-30H2,1-2H3. The van der Waals surface area contributed by atoms with Gasteiger partial charge in [-0.3, -0.25) is 24.0 Å². The Morgan fingerprint density at radius 2 is 1.00 bits per heavy atom. The topological polar surface area (TPSA) is 135 Å². The Morgan fingerprint density at radius 3 is 1.47 bits per heavy atom. The van der Waals surface area contributed by atoms with Gasteiger partial charge in [0, 0.05) is 30.2 Å². The number of hydrogen-bond donors (Lipinski definition) is 0. The van der Waals surface area contributed by atoms with Crippen LogP contribution in [-0.2, 0) is 60.8 Å². The van der Waals surface area contributed by atoms with E-state index in [2.05, 4.69) is 62.4 Å². The molecule has 2 saturated carbocycles. The Labute approximate surface area is 352 Å². The average Bonchev–Trinajstić information content (AvgIpc) is 3.63. The molecular formula is C50H57NO9. The summed E-state index contributed by atoms with van der Waals surface area (Å²) < 4.78 is 23.5. The quantitative estimate of drug-likeness (QED) is 0.0795. The van der Waals surface area contributed by atoms with Gasteiger partial charge in [-0.15, -0.1) is 0 Å². The van der Waals surface area contributed by atoms with Crippen LogP contribution in [0.4, 0.5) is 0 Å². The summed E-state index contributed by atoms with van der Waals surface area (Å²) in [5.74, 6) is -1.55. The monoisotopic (exact) mass is 815 g/mol. The maximum absolute atomic E-state index is 13.5. The summed E-state index contributed by atoms with van der Waals surface area (Å²) in [4.78, 5) is 69.9. The molecule has 2 fully saturated rings. The molecule has 0 atom stereocenters.